The molecule has 10 heteroatoms. The maximum atomic E-state index is 13.1. The molecular weight excluding hydrogens is 535 g/mol. The van der Waals surface area contributed by atoms with Gasteiger partial charge in [-0.2, -0.15) is 0 Å². The fourth-order valence-corrected chi connectivity index (χ4v) is 6.32. The van der Waals surface area contributed by atoms with Gasteiger partial charge >= 0.3 is 6.03 Å². The van der Waals surface area contributed by atoms with E-state index in [-0.39, 0.29) is 29.8 Å². The van der Waals surface area contributed by atoms with Crippen molar-refractivity contribution in [2.24, 2.45) is 0 Å². The van der Waals surface area contributed by atoms with Crippen molar-refractivity contribution in [1.29, 1.82) is 0 Å². The number of carbonyl (C=O) groups is 1. The van der Waals surface area contributed by atoms with Crippen LogP contribution in [0.3, 0.4) is 0 Å². The van der Waals surface area contributed by atoms with Gasteiger partial charge in [-0.1, -0.05) is 46.6 Å². The average molecular weight is 562 g/mol. The number of rotatable bonds is 7. The predicted octanol–water partition coefficient (Wildman–Crippen LogP) is 8.21. The maximum Gasteiger partial charge on any atom is 0.322 e. The van der Waals surface area contributed by atoms with E-state index < -0.39 is 6.43 Å². The molecule has 0 spiro atoms. The van der Waals surface area contributed by atoms with Crippen LogP contribution in [0.5, 0.6) is 0 Å². The second kappa shape index (κ2) is 10.5. The number of carbonyl (C=O) groups excluding carboxylic acids is 1. The number of halogens is 4. The first-order valence-electron chi connectivity index (χ1n) is 12.9. The fourth-order valence-electron chi connectivity index (χ4n) is 5.74. The average Bonchev–Trinajstić information content (AvgIpc) is 3.60. The van der Waals surface area contributed by atoms with Gasteiger partial charge in [-0.05, 0) is 62.8 Å². The third-order valence-corrected chi connectivity index (χ3v) is 8.40. The lowest BCUT2D eigenvalue weighted by atomic mass is 9.99. The van der Waals surface area contributed by atoms with Crippen molar-refractivity contribution in [3.63, 3.8) is 0 Å². The molecular formula is C28H27Cl2F2N3O3. The zero-order valence-corrected chi connectivity index (χ0v) is 22.0. The molecule has 2 bridgehead atoms. The Bertz CT molecular complexity index is 1300. The Morgan fingerprint density at radius 2 is 1.71 bits per heavy atom. The van der Waals surface area contributed by atoms with Crippen molar-refractivity contribution < 1.29 is 22.8 Å². The van der Waals surface area contributed by atoms with Crippen LogP contribution < -0.4 is 5.32 Å². The molecule has 2 unspecified atom stereocenters. The summed E-state index contributed by atoms with van der Waals surface area (Å²) >= 11 is 13.0. The van der Waals surface area contributed by atoms with Crippen molar-refractivity contribution in [2.45, 2.75) is 75.7 Å². The van der Waals surface area contributed by atoms with Crippen LogP contribution in [-0.4, -0.2) is 34.3 Å². The molecule has 2 aliphatic heterocycles. The summed E-state index contributed by atoms with van der Waals surface area (Å²) in [5.74, 6) is 1.18. The van der Waals surface area contributed by atoms with Crippen LogP contribution in [0.15, 0.2) is 47.0 Å². The molecule has 2 saturated heterocycles. The lowest BCUT2D eigenvalue weighted by Gasteiger charge is -2.38. The van der Waals surface area contributed by atoms with E-state index in [1.54, 1.807) is 18.2 Å². The molecule has 3 aliphatic rings. The smallest absolute Gasteiger partial charge is 0.322 e. The summed E-state index contributed by atoms with van der Waals surface area (Å²) < 4.78 is 37.9. The van der Waals surface area contributed by atoms with Gasteiger partial charge in [0.15, 0.2) is 0 Å². The van der Waals surface area contributed by atoms with Gasteiger partial charge in [0.05, 0.1) is 22.8 Å². The van der Waals surface area contributed by atoms with Crippen LogP contribution in [0.25, 0.3) is 11.3 Å². The standard InChI is InChI=1S/C28H27Cl2F2N3O3/c29-22-2-1-3-23(30)24(22)25-21(26(38-34-25)15-4-5-15)14-37-20-12-18-10-11-19(13-20)35(18)28(36)33-17-8-6-16(7-9-17)27(31)32/h1-3,6-9,15,18-20,27H,4-5,10-14H2,(H,33,36)/t18-,19?,20?/m0/s1. The maximum absolute atomic E-state index is 13.1. The van der Waals surface area contributed by atoms with Crippen molar-refractivity contribution >= 4 is 34.9 Å². The number of aromatic nitrogens is 1. The number of nitrogens with one attached hydrogen (secondary N) is 1. The Hall–Kier alpha value is -2.68. The van der Waals surface area contributed by atoms with E-state index in [0.29, 0.717) is 39.5 Å². The lowest BCUT2D eigenvalue weighted by molar-refractivity contribution is -0.0158. The van der Waals surface area contributed by atoms with Crippen LogP contribution in [0, 0.1) is 0 Å². The minimum Gasteiger partial charge on any atom is -0.373 e. The van der Waals surface area contributed by atoms with Crippen molar-refractivity contribution in [3.05, 3.63) is 69.4 Å². The number of fused-ring (bicyclic) bond motifs is 2. The van der Waals surface area contributed by atoms with Crippen molar-refractivity contribution in [2.75, 3.05) is 5.32 Å². The summed E-state index contributed by atoms with van der Waals surface area (Å²) in [6, 6.07) is 11.0. The molecule has 6 nitrogen and oxygen atoms in total. The van der Waals surface area contributed by atoms with Gasteiger partial charge in [0.1, 0.15) is 11.5 Å². The number of nitrogens with zero attached hydrogens (tertiary/aromatic N) is 2. The van der Waals surface area contributed by atoms with Crippen molar-refractivity contribution in [3.8, 4) is 11.3 Å². The first-order valence-corrected chi connectivity index (χ1v) is 13.7. The first-order chi connectivity index (χ1) is 18.4. The highest BCUT2D eigenvalue weighted by Gasteiger charge is 2.44. The van der Waals surface area contributed by atoms with Crippen LogP contribution in [0.4, 0.5) is 19.3 Å². The summed E-state index contributed by atoms with van der Waals surface area (Å²) in [6.07, 6.45) is 2.82. The molecule has 3 atom stereocenters. The van der Waals surface area contributed by atoms with Crippen molar-refractivity contribution in [1.82, 2.24) is 10.1 Å². The highest BCUT2D eigenvalue weighted by Crippen LogP contribution is 2.46. The number of anilines is 1. The number of ether oxygens (including phenoxy) is 1. The molecule has 1 aliphatic carbocycles. The molecule has 2 amide bonds. The predicted molar refractivity (Wildman–Crippen MR) is 141 cm³/mol. The van der Waals surface area contributed by atoms with E-state index in [9.17, 15) is 13.6 Å². The monoisotopic (exact) mass is 561 g/mol. The van der Waals surface area contributed by atoms with Crippen LogP contribution >= 0.6 is 23.2 Å². The minimum absolute atomic E-state index is 0.0154. The number of amides is 2. The quantitative estimate of drug-likeness (QED) is 0.315. The zero-order valence-electron chi connectivity index (χ0n) is 20.5. The van der Waals surface area contributed by atoms with E-state index >= 15 is 0 Å². The van der Waals surface area contributed by atoms with E-state index in [2.05, 4.69) is 10.5 Å². The molecule has 1 N–H and O–H groups in total. The van der Waals surface area contributed by atoms with Crippen LogP contribution in [0.1, 0.15) is 67.8 Å². The molecule has 200 valence electrons. The summed E-state index contributed by atoms with van der Waals surface area (Å²) in [5, 5.41) is 8.22. The molecule has 1 saturated carbocycles. The number of hydrogen-bond acceptors (Lipinski definition) is 4. The third-order valence-electron chi connectivity index (χ3n) is 7.77. The van der Waals surface area contributed by atoms with E-state index in [4.69, 9.17) is 32.5 Å². The molecule has 3 heterocycles. The third kappa shape index (κ3) is 5.01. The van der Waals surface area contributed by atoms with E-state index in [1.165, 1.54) is 24.3 Å². The fraction of sp³-hybridized carbons (Fsp3) is 0.429. The minimum atomic E-state index is -2.54. The highest BCUT2D eigenvalue weighted by molar-refractivity contribution is 6.39. The van der Waals surface area contributed by atoms with Gasteiger partial charge in [-0.15, -0.1) is 0 Å². The molecule has 3 aromatic rings. The highest BCUT2D eigenvalue weighted by atomic mass is 35.5. The molecule has 3 fully saturated rings. The Labute approximate surface area is 229 Å². The van der Waals surface area contributed by atoms with Gasteiger partial charge in [0, 0.05) is 40.4 Å². The first kappa shape index (κ1) is 25.6. The van der Waals surface area contributed by atoms with Crippen LogP contribution in [-0.2, 0) is 11.3 Å². The Morgan fingerprint density at radius 1 is 1.05 bits per heavy atom. The number of hydrogen-bond donors (Lipinski definition) is 1. The van der Waals surface area contributed by atoms with Gasteiger partial charge < -0.3 is 19.5 Å². The largest absolute Gasteiger partial charge is 0.373 e. The molecule has 6 rings (SSSR count). The SMILES string of the molecule is O=C(Nc1ccc(C(F)F)cc1)N1C2CC[C@H]1CC(OCc1c(-c3c(Cl)cccc3Cl)noc1C1CC1)C2. The molecule has 1 aromatic heterocycles. The summed E-state index contributed by atoms with van der Waals surface area (Å²) in [7, 11) is 0. The van der Waals surface area contributed by atoms with Gasteiger partial charge in [0.25, 0.3) is 6.43 Å². The number of benzene rings is 2. The lowest BCUT2D eigenvalue weighted by Crippen LogP contribution is -2.50. The summed E-state index contributed by atoms with van der Waals surface area (Å²) in [5.41, 5.74) is 2.60. The van der Waals surface area contributed by atoms with E-state index in [0.717, 1.165) is 49.8 Å². The second-order valence-corrected chi connectivity index (χ2v) is 11.1. The van der Waals surface area contributed by atoms with E-state index in [1.807, 2.05) is 4.90 Å². The Morgan fingerprint density at radius 3 is 2.32 bits per heavy atom. The molecule has 0 radical (unpaired) electrons. The molecule has 38 heavy (non-hydrogen) atoms. The topological polar surface area (TPSA) is 67.6 Å². The number of alkyl halides is 2. The van der Waals surface area contributed by atoms with Gasteiger partial charge in [-0.25, -0.2) is 13.6 Å². The zero-order chi connectivity index (χ0) is 26.4. The van der Waals surface area contributed by atoms with Crippen LogP contribution in [0.2, 0.25) is 10.0 Å². The number of piperidine rings is 1. The Kier molecular flexibility index (Phi) is 7.05. The summed E-state index contributed by atoms with van der Waals surface area (Å²) in [6.45, 7) is 0.332. The second-order valence-electron chi connectivity index (χ2n) is 10.3. The normalized spacial score (nSPS) is 22.8. The Balaban J connectivity index is 1.13. The molecule has 2 aromatic carbocycles. The van der Waals surface area contributed by atoms with Gasteiger partial charge in [-0.3, -0.25) is 0 Å². The van der Waals surface area contributed by atoms with Gasteiger partial charge in [0.2, 0.25) is 0 Å². The summed E-state index contributed by atoms with van der Waals surface area (Å²) in [4.78, 5) is 15.0. The number of urea groups is 1.